The highest BCUT2D eigenvalue weighted by Crippen LogP contribution is 2.28. The first kappa shape index (κ1) is 12.1. The first-order chi connectivity index (χ1) is 8.70. The molecule has 18 heavy (non-hydrogen) atoms. The Morgan fingerprint density at radius 3 is 2.67 bits per heavy atom. The Morgan fingerprint density at radius 2 is 2.06 bits per heavy atom. The van der Waals surface area contributed by atoms with Crippen molar-refractivity contribution in [2.45, 2.75) is 9.92 Å². The second-order valence-electron chi connectivity index (χ2n) is 3.40. The predicted octanol–water partition coefficient (Wildman–Crippen LogP) is 2.80. The summed E-state index contributed by atoms with van der Waals surface area (Å²) < 4.78 is 0. The second-order valence-corrected chi connectivity index (χ2v) is 4.46. The van der Waals surface area contributed by atoms with Crippen LogP contribution in [0.15, 0.2) is 52.5 Å². The smallest absolute Gasteiger partial charge is 0.336 e. The minimum absolute atomic E-state index is 0.244. The van der Waals surface area contributed by atoms with E-state index in [1.165, 1.54) is 18.0 Å². The van der Waals surface area contributed by atoms with Crippen LogP contribution in [-0.2, 0) is 0 Å². The van der Waals surface area contributed by atoms with Gasteiger partial charge in [0, 0.05) is 11.1 Å². The Kier molecular flexibility index (Phi) is 3.60. The Balaban J connectivity index is 2.28. The van der Waals surface area contributed by atoms with Crippen molar-refractivity contribution in [3.63, 3.8) is 0 Å². The van der Waals surface area contributed by atoms with Gasteiger partial charge in [-0.25, -0.2) is 9.78 Å². The fraction of sp³-hybridized carbons (Fsp3) is 0. The molecule has 0 bridgehead atoms. The number of nitriles is 1. The molecule has 0 fully saturated rings. The summed E-state index contributed by atoms with van der Waals surface area (Å²) in [4.78, 5) is 15.8. The molecule has 88 valence electrons. The molecule has 1 heterocycles. The van der Waals surface area contributed by atoms with Crippen molar-refractivity contribution < 1.29 is 9.90 Å². The van der Waals surface area contributed by atoms with Crippen molar-refractivity contribution >= 4 is 17.7 Å². The molecule has 1 aromatic heterocycles. The molecule has 0 unspecified atom stereocenters. The van der Waals surface area contributed by atoms with Crippen LogP contribution in [0.4, 0.5) is 0 Å². The van der Waals surface area contributed by atoms with E-state index in [9.17, 15) is 4.79 Å². The van der Waals surface area contributed by atoms with Gasteiger partial charge in [0.1, 0.15) is 11.1 Å². The number of rotatable bonds is 3. The molecule has 0 aliphatic carbocycles. The van der Waals surface area contributed by atoms with E-state index in [1.807, 2.05) is 6.07 Å². The van der Waals surface area contributed by atoms with Crippen LogP contribution in [0.25, 0.3) is 0 Å². The maximum atomic E-state index is 11.0. The van der Waals surface area contributed by atoms with Gasteiger partial charge in [0.2, 0.25) is 0 Å². The van der Waals surface area contributed by atoms with E-state index >= 15 is 0 Å². The molecule has 0 atom stereocenters. The SMILES string of the molecule is N#Cc1ccc(Sc2ccccc2C(=O)O)nc1. The number of aromatic nitrogens is 1. The van der Waals surface area contributed by atoms with Gasteiger partial charge in [-0.15, -0.1) is 0 Å². The van der Waals surface area contributed by atoms with Crippen LogP contribution in [-0.4, -0.2) is 16.1 Å². The predicted molar refractivity (Wildman–Crippen MR) is 66.5 cm³/mol. The zero-order chi connectivity index (χ0) is 13.0. The molecule has 2 rings (SSSR count). The van der Waals surface area contributed by atoms with E-state index in [0.29, 0.717) is 15.5 Å². The van der Waals surface area contributed by atoms with Gasteiger partial charge in [0.25, 0.3) is 0 Å². The largest absolute Gasteiger partial charge is 0.478 e. The van der Waals surface area contributed by atoms with Gasteiger partial charge in [0.15, 0.2) is 0 Å². The molecule has 0 amide bonds. The summed E-state index contributed by atoms with van der Waals surface area (Å²) in [6.07, 6.45) is 1.46. The third-order valence-corrected chi connectivity index (χ3v) is 3.22. The maximum absolute atomic E-state index is 11.0. The molecular weight excluding hydrogens is 248 g/mol. The molecular formula is C13H8N2O2S. The van der Waals surface area contributed by atoms with Crippen LogP contribution in [0.1, 0.15) is 15.9 Å². The van der Waals surface area contributed by atoms with Crippen LogP contribution in [0.2, 0.25) is 0 Å². The minimum Gasteiger partial charge on any atom is -0.478 e. The van der Waals surface area contributed by atoms with E-state index in [-0.39, 0.29) is 5.56 Å². The first-order valence-electron chi connectivity index (χ1n) is 5.07. The van der Waals surface area contributed by atoms with Gasteiger partial charge in [0.05, 0.1) is 11.1 Å². The normalized spacial score (nSPS) is 9.72. The Bertz CT molecular complexity index is 618. The average Bonchev–Trinajstić information content (AvgIpc) is 2.40. The van der Waals surface area contributed by atoms with Crippen molar-refractivity contribution in [1.29, 1.82) is 5.26 Å². The average molecular weight is 256 g/mol. The number of nitrogens with zero attached hydrogens (tertiary/aromatic N) is 2. The maximum Gasteiger partial charge on any atom is 0.336 e. The summed E-state index contributed by atoms with van der Waals surface area (Å²) >= 11 is 1.26. The van der Waals surface area contributed by atoms with E-state index < -0.39 is 5.97 Å². The van der Waals surface area contributed by atoms with Crippen molar-refractivity contribution in [3.05, 3.63) is 53.7 Å². The summed E-state index contributed by atoms with van der Waals surface area (Å²) in [6.45, 7) is 0. The first-order valence-corrected chi connectivity index (χ1v) is 5.88. The topological polar surface area (TPSA) is 74.0 Å². The number of benzene rings is 1. The van der Waals surface area contributed by atoms with Gasteiger partial charge in [-0.1, -0.05) is 23.9 Å². The number of carboxylic acids is 1. The number of hydrogen-bond donors (Lipinski definition) is 1. The van der Waals surface area contributed by atoms with Crippen LogP contribution in [0.5, 0.6) is 0 Å². The standard InChI is InChI=1S/C13H8N2O2S/c14-7-9-5-6-12(15-8-9)18-11-4-2-1-3-10(11)13(16)17/h1-6,8H,(H,16,17). The fourth-order valence-corrected chi connectivity index (χ4v) is 2.23. The monoisotopic (exact) mass is 256 g/mol. The summed E-state index contributed by atoms with van der Waals surface area (Å²) in [6, 6.07) is 12.1. The zero-order valence-electron chi connectivity index (χ0n) is 9.20. The van der Waals surface area contributed by atoms with Gasteiger partial charge in [-0.05, 0) is 24.3 Å². The number of hydrogen-bond acceptors (Lipinski definition) is 4. The van der Waals surface area contributed by atoms with Crippen molar-refractivity contribution in [2.75, 3.05) is 0 Å². The molecule has 1 aromatic carbocycles. The molecule has 2 aromatic rings. The number of aromatic carboxylic acids is 1. The second kappa shape index (κ2) is 5.34. The molecule has 5 heteroatoms. The number of carboxylic acid groups (broad SMARTS) is 1. The lowest BCUT2D eigenvalue weighted by atomic mass is 10.2. The zero-order valence-corrected chi connectivity index (χ0v) is 10.0. The Morgan fingerprint density at radius 1 is 1.28 bits per heavy atom. The lowest BCUT2D eigenvalue weighted by Crippen LogP contribution is -1.98. The Labute approximate surface area is 108 Å². The quantitative estimate of drug-likeness (QED) is 0.914. The molecule has 0 saturated heterocycles. The fourth-order valence-electron chi connectivity index (χ4n) is 1.35. The van der Waals surface area contributed by atoms with E-state index in [0.717, 1.165) is 0 Å². The van der Waals surface area contributed by atoms with Crippen LogP contribution in [0, 0.1) is 11.3 Å². The molecule has 0 spiro atoms. The van der Waals surface area contributed by atoms with Crippen LogP contribution in [0.3, 0.4) is 0 Å². The lowest BCUT2D eigenvalue weighted by molar-refractivity contribution is 0.0693. The molecule has 0 saturated carbocycles. The van der Waals surface area contributed by atoms with Crippen molar-refractivity contribution in [1.82, 2.24) is 4.98 Å². The van der Waals surface area contributed by atoms with E-state index in [2.05, 4.69) is 4.98 Å². The molecule has 4 nitrogen and oxygen atoms in total. The highest BCUT2D eigenvalue weighted by molar-refractivity contribution is 7.99. The van der Waals surface area contributed by atoms with Crippen LogP contribution < -0.4 is 0 Å². The number of pyridine rings is 1. The van der Waals surface area contributed by atoms with Gasteiger partial charge in [-0.3, -0.25) is 0 Å². The van der Waals surface area contributed by atoms with Gasteiger partial charge < -0.3 is 5.11 Å². The molecule has 0 aliphatic heterocycles. The number of carbonyl (C=O) groups is 1. The van der Waals surface area contributed by atoms with Gasteiger partial charge >= 0.3 is 5.97 Å². The highest BCUT2D eigenvalue weighted by Gasteiger charge is 2.10. The summed E-state index contributed by atoms with van der Waals surface area (Å²) in [5.74, 6) is -0.966. The van der Waals surface area contributed by atoms with Gasteiger partial charge in [-0.2, -0.15) is 5.26 Å². The third kappa shape index (κ3) is 2.67. The Hall–Kier alpha value is -2.32. The van der Waals surface area contributed by atoms with Crippen molar-refractivity contribution in [3.8, 4) is 6.07 Å². The summed E-state index contributed by atoms with van der Waals surface area (Å²) in [5.41, 5.74) is 0.722. The molecule has 0 aliphatic rings. The lowest BCUT2D eigenvalue weighted by Gasteiger charge is -2.04. The minimum atomic E-state index is -0.966. The highest BCUT2D eigenvalue weighted by atomic mass is 32.2. The third-order valence-electron chi connectivity index (χ3n) is 2.20. The summed E-state index contributed by atoms with van der Waals surface area (Å²) in [7, 11) is 0. The molecule has 0 radical (unpaired) electrons. The van der Waals surface area contributed by atoms with E-state index in [1.54, 1.807) is 36.4 Å². The molecule has 1 N–H and O–H groups in total. The van der Waals surface area contributed by atoms with Crippen molar-refractivity contribution in [2.24, 2.45) is 0 Å². The van der Waals surface area contributed by atoms with E-state index in [4.69, 9.17) is 10.4 Å². The summed E-state index contributed by atoms with van der Waals surface area (Å²) in [5, 5.41) is 18.4. The van der Waals surface area contributed by atoms with Crippen LogP contribution >= 0.6 is 11.8 Å².